The van der Waals surface area contributed by atoms with Gasteiger partial charge in [0.2, 0.25) is 0 Å². The van der Waals surface area contributed by atoms with Gasteiger partial charge in [0.1, 0.15) is 6.61 Å². The van der Waals surface area contributed by atoms with E-state index in [9.17, 15) is 0 Å². The largest absolute Gasteiger partial charge is 0.493 e. The Labute approximate surface area is 195 Å². The van der Waals surface area contributed by atoms with E-state index < -0.39 is 0 Å². The molecule has 3 rings (SSSR count). The van der Waals surface area contributed by atoms with Crippen LogP contribution in [0.4, 0.5) is 0 Å². The lowest BCUT2D eigenvalue weighted by Crippen LogP contribution is -2.06. The fraction of sp³-hybridized carbons (Fsp3) is 0.130. The predicted molar refractivity (Wildman–Crippen MR) is 131 cm³/mol. The highest BCUT2D eigenvalue weighted by Gasteiger charge is 2.12. The van der Waals surface area contributed by atoms with Crippen LogP contribution in [0.25, 0.3) is 0 Å². The van der Waals surface area contributed by atoms with Crippen LogP contribution in [0.1, 0.15) is 16.7 Å². The molecule has 0 atom stereocenters. The van der Waals surface area contributed by atoms with Gasteiger partial charge in [-0.3, -0.25) is 0 Å². The summed E-state index contributed by atoms with van der Waals surface area (Å²) in [6.07, 6.45) is 1.57. The molecule has 2 N–H and O–H groups in total. The number of para-hydroxylation sites is 1. The van der Waals surface area contributed by atoms with Crippen LogP contribution in [0.2, 0.25) is 10.0 Å². The predicted octanol–water partition coefficient (Wildman–Crippen LogP) is 6.16. The van der Waals surface area contributed by atoms with Crippen LogP contribution in [0, 0.1) is 0 Å². The van der Waals surface area contributed by atoms with E-state index in [1.54, 1.807) is 37.6 Å². The van der Waals surface area contributed by atoms with Gasteiger partial charge < -0.3 is 15.2 Å². The van der Waals surface area contributed by atoms with Crippen LogP contribution in [-0.2, 0) is 12.4 Å². The molecule has 0 aliphatic heterocycles. The third-order valence-corrected chi connectivity index (χ3v) is 5.80. The Morgan fingerprint density at radius 1 is 1.00 bits per heavy atom. The fourth-order valence-electron chi connectivity index (χ4n) is 2.67. The van der Waals surface area contributed by atoms with E-state index in [-0.39, 0.29) is 6.61 Å². The summed E-state index contributed by atoms with van der Waals surface area (Å²) in [7, 11) is 1.57. The molecule has 0 fully saturated rings. The number of thioether (sulfide) groups is 1. The van der Waals surface area contributed by atoms with E-state index in [2.05, 4.69) is 10.2 Å². The number of hydrogen-bond donors (Lipinski definition) is 1. The molecule has 0 aliphatic carbocycles. The molecule has 3 aromatic rings. The van der Waals surface area contributed by atoms with Crippen LogP contribution in [0.5, 0.6) is 11.5 Å². The zero-order valence-corrected chi connectivity index (χ0v) is 19.1. The van der Waals surface area contributed by atoms with Crippen molar-refractivity contribution in [2.75, 3.05) is 7.11 Å². The van der Waals surface area contributed by atoms with E-state index >= 15 is 0 Å². The Hall–Kier alpha value is -2.67. The maximum atomic E-state index is 6.25. The summed E-state index contributed by atoms with van der Waals surface area (Å²) in [5, 5.41) is 9.61. The number of nitrogens with zero attached hydrogens (tertiary/aromatic N) is 2. The first kappa shape index (κ1) is 23.0. The maximum absolute atomic E-state index is 6.25. The number of hydrogen-bond acceptors (Lipinski definition) is 5. The summed E-state index contributed by atoms with van der Waals surface area (Å²) in [5.41, 5.74) is 8.51. The van der Waals surface area contributed by atoms with E-state index in [1.807, 2.05) is 42.5 Å². The van der Waals surface area contributed by atoms with Crippen molar-refractivity contribution in [2.45, 2.75) is 12.4 Å². The van der Waals surface area contributed by atoms with Gasteiger partial charge in [-0.1, -0.05) is 77.4 Å². The van der Waals surface area contributed by atoms with Gasteiger partial charge in [-0.2, -0.15) is 5.10 Å². The van der Waals surface area contributed by atoms with Gasteiger partial charge in [-0.25, -0.2) is 0 Å². The molecule has 0 unspecified atom stereocenters. The second-order valence-electron chi connectivity index (χ2n) is 6.32. The molecular weight excluding hydrogens is 453 g/mol. The van der Waals surface area contributed by atoms with Gasteiger partial charge in [0, 0.05) is 26.9 Å². The number of rotatable bonds is 8. The lowest BCUT2D eigenvalue weighted by molar-refractivity contribution is 0.284. The SMILES string of the molecule is COc1cccc(C=NN=C(N)SCc2ccccc2)c1OCc1c(Cl)cccc1Cl. The van der Waals surface area contributed by atoms with E-state index in [0.717, 1.165) is 11.3 Å². The number of halogens is 2. The van der Waals surface area contributed by atoms with Crippen molar-refractivity contribution in [2.24, 2.45) is 15.9 Å². The molecule has 0 spiro atoms. The molecule has 0 bridgehead atoms. The second-order valence-corrected chi connectivity index (χ2v) is 8.13. The average molecular weight is 474 g/mol. The van der Waals surface area contributed by atoms with Gasteiger partial charge in [0.15, 0.2) is 16.7 Å². The average Bonchev–Trinajstić information content (AvgIpc) is 2.78. The number of methoxy groups -OCH3 is 1. The third-order valence-electron chi connectivity index (χ3n) is 4.23. The summed E-state index contributed by atoms with van der Waals surface area (Å²) in [4.78, 5) is 0. The van der Waals surface area contributed by atoms with Crippen LogP contribution in [0.15, 0.2) is 76.9 Å². The van der Waals surface area contributed by atoms with E-state index in [1.165, 1.54) is 11.8 Å². The molecule has 0 aromatic heterocycles. The maximum Gasteiger partial charge on any atom is 0.180 e. The van der Waals surface area contributed by atoms with Crippen molar-refractivity contribution in [1.29, 1.82) is 0 Å². The topological polar surface area (TPSA) is 69.2 Å². The first-order valence-corrected chi connectivity index (χ1v) is 11.1. The normalized spacial score (nSPS) is 11.6. The van der Waals surface area contributed by atoms with Crippen molar-refractivity contribution in [1.82, 2.24) is 0 Å². The van der Waals surface area contributed by atoms with Crippen molar-refractivity contribution in [3.05, 3.63) is 93.5 Å². The minimum Gasteiger partial charge on any atom is -0.493 e. The molecule has 31 heavy (non-hydrogen) atoms. The summed E-state index contributed by atoms with van der Waals surface area (Å²) >= 11 is 13.9. The lowest BCUT2D eigenvalue weighted by atomic mass is 10.2. The van der Waals surface area contributed by atoms with Crippen LogP contribution >= 0.6 is 35.0 Å². The molecule has 3 aromatic carbocycles. The second kappa shape index (κ2) is 11.6. The van der Waals surface area contributed by atoms with Crippen molar-refractivity contribution >= 4 is 46.3 Å². The molecule has 0 amide bonds. The Balaban J connectivity index is 1.72. The zero-order valence-electron chi connectivity index (χ0n) is 16.8. The van der Waals surface area contributed by atoms with Crippen molar-refractivity contribution < 1.29 is 9.47 Å². The molecule has 8 heteroatoms. The van der Waals surface area contributed by atoms with E-state index in [4.69, 9.17) is 38.4 Å². The van der Waals surface area contributed by atoms with Gasteiger partial charge >= 0.3 is 0 Å². The highest BCUT2D eigenvalue weighted by Crippen LogP contribution is 2.33. The monoisotopic (exact) mass is 473 g/mol. The summed E-state index contributed by atoms with van der Waals surface area (Å²) in [6, 6.07) is 20.8. The Morgan fingerprint density at radius 2 is 1.71 bits per heavy atom. The van der Waals surface area contributed by atoms with Gasteiger partial charge in [0.05, 0.1) is 13.3 Å². The van der Waals surface area contributed by atoms with Gasteiger partial charge in [-0.05, 0) is 29.8 Å². The standard InChI is InChI=1S/C23H21Cl2N3O2S/c1-29-21-12-5-9-17(22(21)30-14-18-19(24)10-6-11-20(18)25)13-27-28-23(26)31-15-16-7-3-2-4-8-16/h2-13H,14-15H2,1H3,(H2,26,28). The molecule has 0 aliphatic rings. The number of ether oxygens (including phenoxy) is 2. The number of nitrogens with two attached hydrogens (primary N) is 1. The molecule has 5 nitrogen and oxygen atoms in total. The molecular formula is C23H21Cl2N3O2S. The Morgan fingerprint density at radius 3 is 2.42 bits per heavy atom. The Kier molecular flexibility index (Phi) is 8.64. The van der Waals surface area contributed by atoms with Crippen molar-refractivity contribution in [3.63, 3.8) is 0 Å². The van der Waals surface area contributed by atoms with Crippen LogP contribution in [-0.4, -0.2) is 18.5 Å². The van der Waals surface area contributed by atoms with Crippen LogP contribution < -0.4 is 15.2 Å². The summed E-state index contributed by atoms with van der Waals surface area (Å²) < 4.78 is 11.4. The lowest BCUT2D eigenvalue weighted by Gasteiger charge is -2.14. The smallest absolute Gasteiger partial charge is 0.180 e. The molecule has 0 saturated heterocycles. The molecule has 0 heterocycles. The van der Waals surface area contributed by atoms with Crippen LogP contribution in [0.3, 0.4) is 0 Å². The minimum atomic E-state index is 0.179. The zero-order chi connectivity index (χ0) is 22.1. The van der Waals surface area contributed by atoms with Gasteiger partial charge in [0.25, 0.3) is 0 Å². The highest BCUT2D eigenvalue weighted by atomic mass is 35.5. The van der Waals surface area contributed by atoms with Crippen molar-refractivity contribution in [3.8, 4) is 11.5 Å². The summed E-state index contributed by atoms with van der Waals surface area (Å²) in [6.45, 7) is 0.179. The molecule has 0 saturated carbocycles. The minimum absolute atomic E-state index is 0.179. The third kappa shape index (κ3) is 6.66. The van der Waals surface area contributed by atoms with Gasteiger partial charge in [-0.15, -0.1) is 5.10 Å². The molecule has 0 radical (unpaired) electrons. The number of benzene rings is 3. The fourth-order valence-corrected chi connectivity index (χ4v) is 3.79. The highest BCUT2D eigenvalue weighted by molar-refractivity contribution is 8.13. The summed E-state index contributed by atoms with van der Waals surface area (Å²) in [5.74, 6) is 1.79. The molecule has 160 valence electrons. The quantitative estimate of drug-likeness (QED) is 0.241. The van der Waals surface area contributed by atoms with E-state index in [0.29, 0.717) is 37.8 Å². The first-order chi connectivity index (χ1) is 15.1. The first-order valence-electron chi connectivity index (χ1n) is 9.34. The number of amidine groups is 1. The Bertz CT molecular complexity index is 1060.